The van der Waals surface area contributed by atoms with Crippen LogP contribution in [-0.2, 0) is 16.0 Å². The predicted octanol–water partition coefficient (Wildman–Crippen LogP) is 1.63. The number of carboxylic acids is 1. The van der Waals surface area contributed by atoms with Crippen LogP contribution < -0.4 is 9.80 Å². The Morgan fingerprint density at radius 2 is 2.26 bits per heavy atom. The van der Waals surface area contributed by atoms with E-state index < -0.39 is 11.9 Å². The van der Waals surface area contributed by atoms with Crippen molar-refractivity contribution in [1.82, 2.24) is 0 Å². The molecule has 0 saturated heterocycles. The Hall–Kier alpha value is -2.08. The average Bonchev–Trinajstić information content (AvgIpc) is 2.34. The number of rotatable bonds is 4. The van der Waals surface area contributed by atoms with Crippen LogP contribution in [0.1, 0.15) is 24.0 Å². The van der Waals surface area contributed by atoms with E-state index in [1.807, 2.05) is 13.0 Å². The highest BCUT2D eigenvalue weighted by Crippen LogP contribution is 2.36. The number of ether oxygens (including phenoxy) is 1. The summed E-state index contributed by atoms with van der Waals surface area (Å²) in [5.41, 5.74) is 1.81. The summed E-state index contributed by atoms with van der Waals surface area (Å²) in [6.07, 6.45) is 1.02. The van der Waals surface area contributed by atoms with E-state index in [9.17, 15) is 14.8 Å². The summed E-state index contributed by atoms with van der Waals surface area (Å²) in [6.45, 7) is 1.54. The predicted molar refractivity (Wildman–Crippen MR) is 68.1 cm³/mol. The van der Waals surface area contributed by atoms with Crippen LogP contribution in [0.4, 0.5) is 5.69 Å². The minimum atomic E-state index is -0.858. The molecule has 0 atom stereocenters. The average molecular weight is 264 g/mol. The zero-order chi connectivity index (χ0) is 14.0. The van der Waals surface area contributed by atoms with Crippen molar-refractivity contribution >= 4 is 17.6 Å². The van der Waals surface area contributed by atoms with Gasteiger partial charge in [0.05, 0.1) is 5.69 Å². The molecule has 0 spiro atoms. The number of aryl methyl sites for hydroxylation is 2. The topological polar surface area (TPSA) is 89.9 Å². The van der Waals surface area contributed by atoms with Crippen LogP contribution in [-0.4, -0.2) is 23.6 Å². The Balaban J connectivity index is 2.27. The Labute approximate surface area is 110 Å². The van der Waals surface area contributed by atoms with Crippen LogP contribution in [0.3, 0.4) is 0 Å². The maximum atomic E-state index is 11.7. The van der Waals surface area contributed by atoms with Crippen LogP contribution in [0.2, 0.25) is 0 Å². The molecule has 1 aliphatic heterocycles. The smallest absolute Gasteiger partial charge is 0.303 e. The fourth-order valence-corrected chi connectivity index (χ4v) is 2.09. The van der Waals surface area contributed by atoms with Gasteiger partial charge in [-0.05, 0) is 37.0 Å². The third-order valence-corrected chi connectivity index (χ3v) is 2.91. The fraction of sp³-hybridized carbons (Fsp3) is 0.385. The van der Waals surface area contributed by atoms with Crippen molar-refractivity contribution in [3.63, 3.8) is 0 Å². The zero-order valence-electron chi connectivity index (χ0n) is 10.5. The Bertz CT molecular complexity index is 526. The zero-order valence-corrected chi connectivity index (χ0v) is 10.5. The van der Waals surface area contributed by atoms with Crippen molar-refractivity contribution < 1.29 is 19.4 Å². The number of hydroxylamine groups is 1. The summed E-state index contributed by atoms with van der Waals surface area (Å²) in [5.74, 6) is -1.09. The Morgan fingerprint density at radius 1 is 1.53 bits per heavy atom. The minimum absolute atomic E-state index is 0.0583. The number of benzene rings is 1. The first-order chi connectivity index (χ1) is 8.99. The largest absolute Gasteiger partial charge is 0.752 e. The molecule has 0 aliphatic carbocycles. The second kappa shape index (κ2) is 5.27. The van der Waals surface area contributed by atoms with E-state index in [4.69, 9.17) is 9.84 Å². The van der Waals surface area contributed by atoms with Gasteiger partial charge in [0.2, 0.25) is 0 Å². The van der Waals surface area contributed by atoms with Crippen LogP contribution in [0.25, 0.3) is 0 Å². The number of carbonyl (C=O) groups is 2. The normalized spacial score (nSPS) is 14.0. The number of amides is 1. The maximum absolute atomic E-state index is 11.7. The molecule has 6 heteroatoms. The lowest BCUT2D eigenvalue weighted by Crippen LogP contribution is -2.34. The standard InChI is InChI=1S/C13H14NO5/c1-8-5-9(3-2-4-12(16)17)13-10(6-8)14(18)11(15)7-19-13/h5-6H,2-4,7H2,1H3,(H,16,17)/q-1. The summed E-state index contributed by atoms with van der Waals surface area (Å²) in [7, 11) is 0. The summed E-state index contributed by atoms with van der Waals surface area (Å²) >= 11 is 0. The lowest BCUT2D eigenvalue weighted by molar-refractivity contribution is -0.137. The molecule has 0 radical (unpaired) electrons. The number of hydrogen-bond donors (Lipinski definition) is 1. The van der Waals surface area contributed by atoms with Crippen LogP contribution in [0, 0.1) is 12.1 Å². The van der Waals surface area contributed by atoms with Crippen molar-refractivity contribution in [2.45, 2.75) is 26.2 Å². The number of carboxylic acid groups (broad SMARTS) is 1. The van der Waals surface area contributed by atoms with Gasteiger partial charge in [0.1, 0.15) is 5.75 Å². The molecule has 19 heavy (non-hydrogen) atoms. The Kier molecular flexibility index (Phi) is 3.71. The first-order valence-electron chi connectivity index (χ1n) is 5.97. The lowest BCUT2D eigenvalue weighted by atomic mass is 10.0. The first kappa shape index (κ1) is 13.4. The number of nitrogens with zero attached hydrogens (tertiary/aromatic N) is 1. The summed E-state index contributed by atoms with van der Waals surface area (Å²) < 4.78 is 5.31. The van der Waals surface area contributed by atoms with Gasteiger partial charge in [-0.25, -0.2) is 0 Å². The van der Waals surface area contributed by atoms with Crippen molar-refractivity contribution in [3.8, 4) is 5.75 Å². The molecule has 0 bridgehead atoms. The van der Waals surface area contributed by atoms with E-state index in [2.05, 4.69) is 0 Å². The number of aliphatic carboxylic acids is 1. The lowest BCUT2D eigenvalue weighted by Gasteiger charge is -2.35. The summed E-state index contributed by atoms with van der Waals surface area (Å²) in [5, 5.41) is 20.7. The molecule has 0 saturated carbocycles. The molecule has 0 aromatic heterocycles. The van der Waals surface area contributed by atoms with Gasteiger partial charge >= 0.3 is 5.97 Å². The third-order valence-electron chi connectivity index (χ3n) is 2.91. The van der Waals surface area contributed by atoms with Gasteiger partial charge in [-0.2, -0.15) is 0 Å². The third kappa shape index (κ3) is 2.85. The maximum Gasteiger partial charge on any atom is 0.303 e. The highest BCUT2D eigenvalue weighted by molar-refractivity contribution is 5.98. The number of fused-ring (bicyclic) bond motifs is 1. The van der Waals surface area contributed by atoms with Gasteiger partial charge in [0, 0.05) is 6.42 Å². The number of carbonyl (C=O) groups excluding carboxylic acids is 1. The minimum Gasteiger partial charge on any atom is -0.752 e. The second-order valence-electron chi connectivity index (χ2n) is 4.50. The van der Waals surface area contributed by atoms with E-state index in [-0.39, 0.29) is 18.7 Å². The summed E-state index contributed by atoms with van der Waals surface area (Å²) in [6, 6.07) is 3.45. The molecule has 1 N–H and O–H groups in total. The molecule has 1 heterocycles. The van der Waals surface area contributed by atoms with E-state index in [0.717, 1.165) is 11.1 Å². The van der Waals surface area contributed by atoms with Crippen molar-refractivity contribution in [3.05, 3.63) is 28.5 Å². The van der Waals surface area contributed by atoms with E-state index in [1.54, 1.807) is 6.07 Å². The van der Waals surface area contributed by atoms with Gasteiger partial charge < -0.3 is 20.1 Å². The van der Waals surface area contributed by atoms with Gasteiger partial charge in [-0.1, -0.05) is 6.07 Å². The molecular weight excluding hydrogens is 250 g/mol. The SMILES string of the molecule is Cc1cc(CCCC(=O)O)c2c(c1)N([O-])C(=O)CO2. The van der Waals surface area contributed by atoms with Gasteiger partial charge in [0.15, 0.2) is 6.61 Å². The molecule has 1 amide bonds. The highest BCUT2D eigenvalue weighted by atomic mass is 16.5. The van der Waals surface area contributed by atoms with Gasteiger partial charge in [-0.15, -0.1) is 0 Å². The fourth-order valence-electron chi connectivity index (χ4n) is 2.09. The van der Waals surface area contributed by atoms with Crippen LogP contribution in [0.15, 0.2) is 12.1 Å². The van der Waals surface area contributed by atoms with Crippen LogP contribution >= 0.6 is 0 Å². The number of anilines is 1. The highest BCUT2D eigenvalue weighted by Gasteiger charge is 2.22. The second-order valence-corrected chi connectivity index (χ2v) is 4.50. The van der Waals surface area contributed by atoms with E-state index >= 15 is 0 Å². The molecule has 1 aromatic rings. The number of hydrogen-bond acceptors (Lipinski definition) is 4. The summed E-state index contributed by atoms with van der Waals surface area (Å²) in [4.78, 5) is 21.8. The molecule has 0 unspecified atom stereocenters. The molecule has 1 aromatic carbocycles. The monoisotopic (exact) mass is 264 g/mol. The molecule has 1 aliphatic rings. The van der Waals surface area contributed by atoms with Crippen molar-refractivity contribution in [2.24, 2.45) is 0 Å². The van der Waals surface area contributed by atoms with Crippen LogP contribution in [0.5, 0.6) is 5.75 Å². The van der Waals surface area contributed by atoms with Crippen molar-refractivity contribution in [2.75, 3.05) is 11.7 Å². The van der Waals surface area contributed by atoms with Gasteiger partial charge in [0.25, 0.3) is 5.91 Å². The Morgan fingerprint density at radius 3 is 2.95 bits per heavy atom. The van der Waals surface area contributed by atoms with Gasteiger partial charge in [-0.3, -0.25) is 9.59 Å². The molecule has 0 fully saturated rings. The van der Waals surface area contributed by atoms with E-state index in [1.165, 1.54) is 0 Å². The molecule has 2 rings (SSSR count). The quantitative estimate of drug-likeness (QED) is 0.892. The first-order valence-corrected chi connectivity index (χ1v) is 5.97. The van der Waals surface area contributed by atoms with E-state index in [0.29, 0.717) is 23.7 Å². The molecular formula is C13H14NO5-. The molecule has 6 nitrogen and oxygen atoms in total. The van der Waals surface area contributed by atoms with Crippen molar-refractivity contribution in [1.29, 1.82) is 0 Å². The molecule has 102 valence electrons.